The monoisotopic (exact) mass is 308 g/mol. The first-order chi connectivity index (χ1) is 10.7. The lowest BCUT2D eigenvalue weighted by atomic mass is 10.0. The molecule has 1 aromatic heterocycles. The SMILES string of the molecule is NC(=O)CSc1nc2ccccc2cc1Cc1ccccc1. The predicted octanol–water partition coefficient (Wildman–Crippen LogP) is 3.40. The molecule has 0 saturated carbocycles. The van der Waals surface area contributed by atoms with Crippen LogP contribution in [0, 0.1) is 0 Å². The van der Waals surface area contributed by atoms with Gasteiger partial charge in [-0.15, -0.1) is 0 Å². The highest BCUT2D eigenvalue weighted by Gasteiger charge is 2.10. The van der Waals surface area contributed by atoms with E-state index in [0.29, 0.717) is 0 Å². The van der Waals surface area contributed by atoms with Crippen LogP contribution in [0.5, 0.6) is 0 Å². The van der Waals surface area contributed by atoms with Gasteiger partial charge in [-0.05, 0) is 23.3 Å². The van der Waals surface area contributed by atoms with Crippen LogP contribution in [-0.2, 0) is 11.2 Å². The summed E-state index contributed by atoms with van der Waals surface area (Å²) in [6.45, 7) is 0. The summed E-state index contributed by atoms with van der Waals surface area (Å²) < 4.78 is 0. The minimum absolute atomic E-state index is 0.243. The fourth-order valence-electron chi connectivity index (χ4n) is 2.35. The lowest BCUT2D eigenvalue weighted by Gasteiger charge is -2.10. The summed E-state index contributed by atoms with van der Waals surface area (Å²) in [4.78, 5) is 15.8. The van der Waals surface area contributed by atoms with Gasteiger partial charge in [-0.2, -0.15) is 0 Å². The maximum Gasteiger partial charge on any atom is 0.227 e. The highest BCUT2D eigenvalue weighted by atomic mass is 32.2. The van der Waals surface area contributed by atoms with Crippen molar-refractivity contribution in [2.24, 2.45) is 5.73 Å². The number of amides is 1. The highest BCUT2D eigenvalue weighted by Crippen LogP contribution is 2.26. The molecule has 0 aliphatic carbocycles. The summed E-state index contributed by atoms with van der Waals surface area (Å²) in [5.41, 5.74) is 8.55. The van der Waals surface area contributed by atoms with E-state index < -0.39 is 0 Å². The fraction of sp³-hybridized carbons (Fsp3) is 0.111. The third-order valence-electron chi connectivity index (χ3n) is 3.35. The van der Waals surface area contributed by atoms with Gasteiger partial charge in [-0.1, -0.05) is 60.3 Å². The molecule has 0 radical (unpaired) electrons. The Balaban J connectivity index is 2.00. The van der Waals surface area contributed by atoms with Crippen LogP contribution in [0.15, 0.2) is 65.7 Å². The zero-order valence-electron chi connectivity index (χ0n) is 12.0. The number of nitrogens with two attached hydrogens (primary N) is 1. The average Bonchev–Trinajstić information content (AvgIpc) is 2.53. The van der Waals surface area contributed by atoms with E-state index in [1.54, 1.807) is 0 Å². The lowest BCUT2D eigenvalue weighted by Crippen LogP contribution is -2.13. The van der Waals surface area contributed by atoms with Crippen LogP contribution in [0.3, 0.4) is 0 Å². The molecule has 2 N–H and O–H groups in total. The Labute approximate surface area is 133 Å². The minimum Gasteiger partial charge on any atom is -0.369 e. The van der Waals surface area contributed by atoms with Crippen molar-refractivity contribution >= 4 is 28.6 Å². The first kappa shape index (κ1) is 14.6. The van der Waals surface area contributed by atoms with Crippen molar-refractivity contribution < 1.29 is 4.79 Å². The molecule has 1 heterocycles. The van der Waals surface area contributed by atoms with Crippen molar-refractivity contribution in [1.82, 2.24) is 4.98 Å². The second kappa shape index (κ2) is 6.62. The number of pyridine rings is 1. The molecular formula is C18H16N2OS. The van der Waals surface area contributed by atoms with Gasteiger partial charge < -0.3 is 5.73 Å². The fourth-order valence-corrected chi connectivity index (χ4v) is 3.11. The van der Waals surface area contributed by atoms with E-state index in [0.717, 1.165) is 27.9 Å². The van der Waals surface area contributed by atoms with Gasteiger partial charge in [-0.3, -0.25) is 4.79 Å². The molecule has 0 atom stereocenters. The maximum atomic E-state index is 11.1. The zero-order valence-corrected chi connectivity index (χ0v) is 12.8. The molecule has 4 heteroatoms. The second-order valence-electron chi connectivity index (χ2n) is 5.06. The molecule has 22 heavy (non-hydrogen) atoms. The van der Waals surface area contributed by atoms with Crippen LogP contribution in [0.1, 0.15) is 11.1 Å². The number of fused-ring (bicyclic) bond motifs is 1. The molecule has 110 valence electrons. The van der Waals surface area contributed by atoms with Gasteiger partial charge in [-0.25, -0.2) is 4.98 Å². The molecule has 0 aliphatic heterocycles. The van der Waals surface area contributed by atoms with E-state index in [1.165, 1.54) is 17.3 Å². The van der Waals surface area contributed by atoms with Crippen LogP contribution >= 0.6 is 11.8 Å². The van der Waals surface area contributed by atoms with Crippen molar-refractivity contribution in [3.8, 4) is 0 Å². The Morgan fingerprint density at radius 1 is 1.05 bits per heavy atom. The molecule has 0 spiro atoms. The van der Waals surface area contributed by atoms with Gasteiger partial charge in [0.05, 0.1) is 11.3 Å². The number of carbonyl (C=O) groups excluding carboxylic acids is 1. The molecular weight excluding hydrogens is 292 g/mol. The average molecular weight is 308 g/mol. The maximum absolute atomic E-state index is 11.1. The zero-order chi connectivity index (χ0) is 15.4. The number of aromatic nitrogens is 1. The number of hydrogen-bond acceptors (Lipinski definition) is 3. The Hall–Kier alpha value is -2.33. The molecule has 3 rings (SSSR count). The Morgan fingerprint density at radius 2 is 1.77 bits per heavy atom. The second-order valence-corrected chi connectivity index (χ2v) is 6.03. The summed E-state index contributed by atoms with van der Waals surface area (Å²) in [6.07, 6.45) is 0.791. The predicted molar refractivity (Wildman–Crippen MR) is 90.9 cm³/mol. The number of thioether (sulfide) groups is 1. The van der Waals surface area contributed by atoms with Crippen molar-refractivity contribution in [2.45, 2.75) is 11.4 Å². The van der Waals surface area contributed by atoms with Crippen molar-refractivity contribution in [3.05, 3.63) is 71.8 Å². The van der Waals surface area contributed by atoms with Gasteiger partial charge >= 0.3 is 0 Å². The summed E-state index contributed by atoms with van der Waals surface area (Å²) in [7, 11) is 0. The standard InChI is InChI=1S/C18H16N2OS/c19-17(21)12-22-18-15(10-13-6-2-1-3-7-13)11-14-8-4-5-9-16(14)20-18/h1-9,11H,10,12H2,(H2,19,21). The van der Waals surface area contributed by atoms with Crippen molar-refractivity contribution in [3.63, 3.8) is 0 Å². The van der Waals surface area contributed by atoms with E-state index in [2.05, 4.69) is 24.3 Å². The van der Waals surface area contributed by atoms with Crippen molar-refractivity contribution in [1.29, 1.82) is 0 Å². The first-order valence-electron chi connectivity index (χ1n) is 7.06. The number of para-hydroxylation sites is 1. The lowest BCUT2D eigenvalue weighted by molar-refractivity contribution is -0.115. The van der Waals surface area contributed by atoms with Gasteiger partial charge in [0, 0.05) is 11.8 Å². The minimum atomic E-state index is -0.328. The van der Waals surface area contributed by atoms with Crippen LogP contribution in [0.2, 0.25) is 0 Å². The Bertz CT molecular complexity index is 803. The molecule has 2 aromatic carbocycles. The van der Waals surface area contributed by atoms with Crippen molar-refractivity contribution in [2.75, 3.05) is 5.75 Å². The van der Waals surface area contributed by atoms with E-state index in [4.69, 9.17) is 10.7 Å². The third-order valence-corrected chi connectivity index (χ3v) is 4.41. The highest BCUT2D eigenvalue weighted by molar-refractivity contribution is 7.99. The quantitative estimate of drug-likeness (QED) is 0.735. The summed E-state index contributed by atoms with van der Waals surface area (Å²) in [6, 6.07) is 20.4. The van der Waals surface area contributed by atoms with Crippen LogP contribution in [0.25, 0.3) is 10.9 Å². The number of primary amides is 1. The van der Waals surface area contributed by atoms with Crippen LogP contribution in [0.4, 0.5) is 0 Å². The topological polar surface area (TPSA) is 56.0 Å². The smallest absolute Gasteiger partial charge is 0.227 e. The number of benzene rings is 2. The molecule has 0 fully saturated rings. The molecule has 1 amide bonds. The van der Waals surface area contributed by atoms with Gasteiger partial charge in [0.15, 0.2) is 0 Å². The summed E-state index contributed by atoms with van der Waals surface area (Å²) in [5, 5.41) is 1.98. The van der Waals surface area contributed by atoms with Gasteiger partial charge in [0.2, 0.25) is 5.91 Å². The van der Waals surface area contributed by atoms with E-state index in [-0.39, 0.29) is 11.7 Å². The Kier molecular flexibility index (Phi) is 4.39. The molecule has 0 bridgehead atoms. The number of nitrogens with zero attached hydrogens (tertiary/aromatic N) is 1. The van der Waals surface area contributed by atoms with E-state index in [1.807, 2.05) is 36.4 Å². The molecule has 0 unspecified atom stereocenters. The Morgan fingerprint density at radius 3 is 2.55 bits per heavy atom. The number of carbonyl (C=O) groups is 1. The number of rotatable bonds is 5. The normalized spacial score (nSPS) is 10.7. The third kappa shape index (κ3) is 3.46. The largest absolute Gasteiger partial charge is 0.369 e. The first-order valence-corrected chi connectivity index (χ1v) is 8.04. The van der Waals surface area contributed by atoms with Gasteiger partial charge in [0.1, 0.15) is 5.03 Å². The summed E-state index contributed by atoms with van der Waals surface area (Å²) in [5.74, 6) is -0.0849. The van der Waals surface area contributed by atoms with E-state index >= 15 is 0 Å². The molecule has 0 aliphatic rings. The summed E-state index contributed by atoms with van der Waals surface area (Å²) >= 11 is 1.40. The molecule has 3 nitrogen and oxygen atoms in total. The van der Waals surface area contributed by atoms with Crippen LogP contribution < -0.4 is 5.73 Å². The molecule has 3 aromatic rings. The van der Waals surface area contributed by atoms with Gasteiger partial charge in [0.25, 0.3) is 0 Å². The van der Waals surface area contributed by atoms with Crippen LogP contribution in [-0.4, -0.2) is 16.6 Å². The number of hydrogen-bond donors (Lipinski definition) is 1. The van der Waals surface area contributed by atoms with E-state index in [9.17, 15) is 4.79 Å². The molecule has 0 saturated heterocycles.